The summed E-state index contributed by atoms with van der Waals surface area (Å²) in [5.74, 6) is 0. The fourth-order valence-corrected chi connectivity index (χ4v) is 1.41. The topological polar surface area (TPSA) is 44.8 Å². The maximum Gasteiger partial charge on any atom is 0.484 e. The summed E-state index contributed by atoms with van der Waals surface area (Å²) < 4.78 is 93.0. The summed E-state index contributed by atoms with van der Waals surface area (Å²) in [5, 5.41) is 0. The molecule has 4 nitrogen and oxygen atoms in total. The van der Waals surface area contributed by atoms with Crippen LogP contribution in [0.4, 0.5) is 26.3 Å². The van der Waals surface area contributed by atoms with E-state index >= 15 is 0 Å². The Balaban J connectivity index is 4.75. The molecule has 0 radical (unpaired) electrons. The molecule has 0 unspecified atom stereocenters. The van der Waals surface area contributed by atoms with Gasteiger partial charge >= 0.3 is 20.0 Å². The van der Waals surface area contributed by atoms with E-state index in [0.717, 1.165) is 0 Å². The molecule has 0 aromatic rings. The Labute approximate surface area is 86.1 Å². The highest BCUT2D eigenvalue weighted by Gasteiger charge is 2.48. The van der Waals surface area contributed by atoms with Crippen LogP contribution in [0.25, 0.3) is 0 Å². The first-order valence-electron chi connectivity index (χ1n) is 3.54. The largest absolute Gasteiger partial charge is 0.484 e. The van der Waals surface area contributed by atoms with Gasteiger partial charge in [-0.25, -0.2) is 22.4 Å². The SMILES string of the molecule is COP(=O)(OC(F)(F)CF)OC(F)(F)CF. The minimum Gasteiger partial charge on any atom is -0.290 e. The van der Waals surface area contributed by atoms with Gasteiger partial charge in [-0.3, -0.25) is 4.52 Å². The number of halogens is 6. The van der Waals surface area contributed by atoms with E-state index in [2.05, 4.69) is 13.6 Å². The molecule has 0 atom stereocenters. The van der Waals surface area contributed by atoms with Gasteiger partial charge in [0.1, 0.15) is 0 Å². The second kappa shape index (κ2) is 5.35. The molecule has 0 aliphatic carbocycles. The molecule has 0 saturated heterocycles. The molecular formula is C5H7F6O4P. The molecule has 0 spiro atoms. The van der Waals surface area contributed by atoms with Gasteiger partial charge in [0.25, 0.3) is 0 Å². The zero-order valence-corrected chi connectivity index (χ0v) is 8.66. The summed E-state index contributed by atoms with van der Waals surface area (Å²) in [6.45, 7) is -4.88. The molecule has 16 heavy (non-hydrogen) atoms. The van der Waals surface area contributed by atoms with Gasteiger partial charge in [0.2, 0.25) is 0 Å². The molecule has 0 aliphatic heterocycles. The van der Waals surface area contributed by atoms with Gasteiger partial charge in [-0.05, 0) is 0 Å². The van der Waals surface area contributed by atoms with Crippen LogP contribution in [-0.2, 0) is 18.1 Å². The van der Waals surface area contributed by atoms with E-state index in [0.29, 0.717) is 7.11 Å². The molecule has 11 heteroatoms. The van der Waals surface area contributed by atoms with Crippen molar-refractivity contribution in [1.82, 2.24) is 0 Å². The van der Waals surface area contributed by atoms with Crippen molar-refractivity contribution in [2.75, 3.05) is 20.5 Å². The van der Waals surface area contributed by atoms with Gasteiger partial charge in [0, 0.05) is 7.11 Å². The highest BCUT2D eigenvalue weighted by atomic mass is 31.2. The predicted molar refractivity (Wildman–Crippen MR) is 38.6 cm³/mol. The number of hydrogen-bond donors (Lipinski definition) is 0. The van der Waals surface area contributed by atoms with Gasteiger partial charge in [-0.1, -0.05) is 0 Å². The molecule has 0 fully saturated rings. The van der Waals surface area contributed by atoms with Crippen LogP contribution in [-0.4, -0.2) is 32.7 Å². The Hall–Kier alpha value is -0.310. The maximum atomic E-state index is 12.2. The van der Waals surface area contributed by atoms with Crippen LogP contribution in [0.1, 0.15) is 0 Å². The zero-order valence-electron chi connectivity index (χ0n) is 7.76. The summed E-state index contributed by atoms with van der Waals surface area (Å²) in [4.78, 5) is 0. The molecule has 98 valence electrons. The van der Waals surface area contributed by atoms with Gasteiger partial charge in [0.15, 0.2) is 13.3 Å². The predicted octanol–water partition coefficient (Wildman–Crippen LogP) is 2.90. The highest BCUT2D eigenvalue weighted by molar-refractivity contribution is 7.48. The van der Waals surface area contributed by atoms with Crippen molar-refractivity contribution in [2.24, 2.45) is 0 Å². The molecule has 0 heterocycles. The van der Waals surface area contributed by atoms with Crippen molar-refractivity contribution in [3.05, 3.63) is 0 Å². The summed E-state index contributed by atoms with van der Waals surface area (Å²) in [5.41, 5.74) is 0. The average Bonchev–Trinajstić information content (AvgIpc) is 2.16. The van der Waals surface area contributed by atoms with E-state index in [-0.39, 0.29) is 0 Å². The lowest BCUT2D eigenvalue weighted by Gasteiger charge is -2.22. The summed E-state index contributed by atoms with van der Waals surface area (Å²) in [6.07, 6.45) is -9.28. The monoisotopic (exact) mass is 276 g/mol. The number of hydrogen-bond acceptors (Lipinski definition) is 4. The van der Waals surface area contributed by atoms with Crippen molar-refractivity contribution < 1.29 is 44.5 Å². The van der Waals surface area contributed by atoms with Crippen LogP contribution in [0.5, 0.6) is 0 Å². The normalized spacial score (nSPS) is 14.2. The first kappa shape index (κ1) is 15.7. The van der Waals surface area contributed by atoms with E-state index in [9.17, 15) is 30.9 Å². The third-order valence-corrected chi connectivity index (χ3v) is 2.45. The molecule has 0 aromatic carbocycles. The van der Waals surface area contributed by atoms with Gasteiger partial charge in [0.05, 0.1) is 0 Å². The second-order valence-corrected chi connectivity index (χ2v) is 3.98. The van der Waals surface area contributed by atoms with Crippen molar-refractivity contribution in [3.63, 3.8) is 0 Å². The van der Waals surface area contributed by atoms with Crippen LogP contribution >= 0.6 is 7.82 Å². The van der Waals surface area contributed by atoms with Crippen LogP contribution in [0.2, 0.25) is 0 Å². The smallest absolute Gasteiger partial charge is 0.290 e. The van der Waals surface area contributed by atoms with Crippen molar-refractivity contribution >= 4 is 7.82 Å². The molecular weight excluding hydrogens is 269 g/mol. The Bertz CT molecular complexity index is 250. The highest BCUT2D eigenvalue weighted by Crippen LogP contribution is 2.56. The van der Waals surface area contributed by atoms with E-state index < -0.39 is 33.4 Å². The van der Waals surface area contributed by atoms with E-state index in [1.165, 1.54) is 0 Å². The fourth-order valence-electron chi connectivity index (χ4n) is 0.469. The number of alkyl halides is 6. The molecule has 0 amide bonds. The molecule has 0 aliphatic rings. The molecule has 0 saturated carbocycles. The fraction of sp³-hybridized carbons (Fsp3) is 1.00. The minimum absolute atomic E-state index is 0.434. The quantitative estimate of drug-likeness (QED) is 0.529. The third-order valence-electron chi connectivity index (χ3n) is 1.03. The van der Waals surface area contributed by atoms with E-state index in [1.54, 1.807) is 0 Å². The van der Waals surface area contributed by atoms with Crippen LogP contribution in [0, 0.1) is 0 Å². The summed E-state index contributed by atoms with van der Waals surface area (Å²) >= 11 is 0. The molecule has 0 rings (SSSR count). The maximum absolute atomic E-state index is 12.2. The Morgan fingerprint density at radius 3 is 1.50 bits per heavy atom. The molecule has 0 aromatic heterocycles. The number of phosphoric acid groups is 1. The third kappa shape index (κ3) is 5.15. The van der Waals surface area contributed by atoms with Crippen molar-refractivity contribution in [1.29, 1.82) is 0 Å². The van der Waals surface area contributed by atoms with Gasteiger partial charge in [-0.15, -0.1) is 0 Å². The van der Waals surface area contributed by atoms with E-state index in [4.69, 9.17) is 0 Å². The van der Waals surface area contributed by atoms with Crippen LogP contribution in [0.15, 0.2) is 0 Å². The number of rotatable bonds is 7. The second-order valence-electron chi connectivity index (χ2n) is 2.35. The Kier molecular flexibility index (Phi) is 5.24. The lowest BCUT2D eigenvalue weighted by molar-refractivity contribution is -0.235. The Morgan fingerprint density at radius 2 is 1.31 bits per heavy atom. The summed E-state index contributed by atoms with van der Waals surface area (Å²) in [6, 6.07) is 0. The lowest BCUT2D eigenvalue weighted by Crippen LogP contribution is -2.27. The minimum atomic E-state index is -5.46. The van der Waals surface area contributed by atoms with E-state index in [1.807, 2.05) is 0 Å². The first-order valence-corrected chi connectivity index (χ1v) is 5.00. The van der Waals surface area contributed by atoms with Crippen molar-refractivity contribution in [3.8, 4) is 0 Å². The standard InChI is InChI=1S/C5H7F6O4P/c1-13-16(12,14-4(8,9)2-6)15-5(10,11)3-7/h2-3H2,1H3. The Morgan fingerprint density at radius 1 is 1.00 bits per heavy atom. The lowest BCUT2D eigenvalue weighted by atomic mass is 10.7. The van der Waals surface area contributed by atoms with Crippen LogP contribution < -0.4 is 0 Å². The number of phosphoric ester groups is 1. The zero-order chi connectivity index (χ0) is 13.0. The molecule has 0 N–H and O–H groups in total. The van der Waals surface area contributed by atoms with Crippen molar-refractivity contribution in [2.45, 2.75) is 12.2 Å². The van der Waals surface area contributed by atoms with Gasteiger partial charge in [-0.2, -0.15) is 17.6 Å². The first-order chi connectivity index (χ1) is 7.10. The summed E-state index contributed by atoms with van der Waals surface area (Å²) in [7, 11) is -5.02. The van der Waals surface area contributed by atoms with Crippen LogP contribution in [0.3, 0.4) is 0 Å². The van der Waals surface area contributed by atoms with Gasteiger partial charge < -0.3 is 0 Å². The average molecular weight is 276 g/mol. The molecule has 0 bridgehead atoms.